The molecule has 0 spiro atoms. The minimum atomic E-state index is 0.705. The molecular weight excluding hydrogens is 288 g/mol. The first-order chi connectivity index (χ1) is 7.79. The average Bonchev–Trinajstić information content (AvgIpc) is 2.79. The van der Waals surface area contributed by atoms with Crippen LogP contribution in [0, 0.1) is 0 Å². The number of thiazole rings is 1. The standard InChI is InChI=1S/C11H11BrN2OS/c1-15-11-3-2-8(12)4-10(11)13-5-9-6-16-7-14-9/h2-4,6-7,13H,5H2,1H3. The number of nitrogens with zero attached hydrogens (tertiary/aromatic N) is 1. The Kier molecular flexibility index (Phi) is 3.79. The smallest absolute Gasteiger partial charge is 0.142 e. The number of hydrogen-bond donors (Lipinski definition) is 1. The minimum absolute atomic E-state index is 0.705. The van der Waals surface area contributed by atoms with Crippen molar-refractivity contribution in [3.8, 4) is 5.75 Å². The molecule has 0 amide bonds. The van der Waals surface area contributed by atoms with E-state index in [-0.39, 0.29) is 0 Å². The summed E-state index contributed by atoms with van der Waals surface area (Å²) in [5.41, 5.74) is 3.83. The van der Waals surface area contributed by atoms with Gasteiger partial charge in [0.25, 0.3) is 0 Å². The molecular formula is C11H11BrN2OS. The number of methoxy groups -OCH3 is 1. The van der Waals surface area contributed by atoms with Gasteiger partial charge in [-0.1, -0.05) is 15.9 Å². The van der Waals surface area contributed by atoms with Crippen LogP contribution in [0.1, 0.15) is 5.69 Å². The van der Waals surface area contributed by atoms with Crippen molar-refractivity contribution in [2.75, 3.05) is 12.4 Å². The Morgan fingerprint density at radius 3 is 3.06 bits per heavy atom. The molecule has 0 radical (unpaired) electrons. The van der Waals surface area contributed by atoms with E-state index in [1.165, 1.54) is 0 Å². The van der Waals surface area contributed by atoms with Gasteiger partial charge in [-0.05, 0) is 18.2 Å². The van der Waals surface area contributed by atoms with Crippen LogP contribution in [0.2, 0.25) is 0 Å². The molecule has 0 atom stereocenters. The first-order valence-corrected chi connectivity index (χ1v) is 6.47. The molecule has 1 aromatic carbocycles. The van der Waals surface area contributed by atoms with Crippen LogP contribution in [0.3, 0.4) is 0 Å². The number of ether oxygens (including phenoxy) is 1. The van der Waals surface area contributed by atoms with Crippen LogP contribution in [0.15, 0.2) is 33.6 Å². The summed E-state index contributed by atoms with van der Waals surface area (Å²) in [6.07, 6.45) is 0. The van der Waals surface area contributed by atoms with Crippen molar-refractivity contribution in [3.63, 3.8) is 0 Å². The maximum Gasteiger partial charge on any atom is 0.142 e. The zero-order valence-electron chi connectivity index (χ0n) is 8.74. The van der Waals surface area contributed by atoms with Gasteiger partial charge < -0.3 is 10.1 Å². The van der Waals surface area contributed by atoms with Gasteiger partial charge in [-0.15, -0.1) is 11.3 Å². The summed E-state index contributed by atoms with van der Waals surface area (Å²) in [6.45, 7) is 0.705. The summed E-state index contributed by atoms with van der Waals surface area (Å²) in [6, 6.07) is 5.87. The second-order valence-corrected chi connectivity index (χ2v) is 4.81. The zero-order valence-corrected chi connectivity index (χ0v) is 11.1. The van der Waals surface area contributed by atoms with Crippen molar-refractivity contribution in [2.45, 2.75) is 6.54 Å². The SMILES string of the molecule is COc1ccc(Br)cc1NCc1cscn1. The van der Waals surface area contributed by atoms with E-state index in [1.54, 1.807) is 18.4 Å². The molecule has 0 aliphatic heterocycles. The van der Waals surface area contributed by atoms with E-state index >= 15 is 0 Å². The van der Waals surface area contributed by atoms with Crippen LogP contribution in [-0.4, -0.2) is 12.1 Å². The lowest BCUT2D eigenvalue weighted by Gasteiger charge is -2.10. The Hall–Kier alpha value is -1.07. The predicted molar refractivity (Wildman–Crippen MR) is 70.1 cm³/mol. The van der Waals surface area contributed by atoms with Crippen LogP contribution in [0.5, 0.6) is 5.75 Å². The number of hydrogen-bond acceptors (Lipinski definition) is 4. The van der Waals surface area contributed by atoms with Gasteiger partial charge in [-0.3, -0.25) is 0 Å². The molecule has 0 aliphatic carbocycles. The average molecular weight is 299 g/mol. The monoisotopic (exact) mass is 298 g/mol. The van der Waals surface area contributed by atoms with E-state index in [0.717, 1.165) is 21.6 Å². The molecule has 0 aliphatic rings. The number of rotatable bonds is 4. The highest BCUT2D eigenvalue weighted by Gasteiger charge is 2.03. The van der Waals surface area contributed by atoms with Gasteiger partial charge in [0.1, 0.15) is 5.75 Å². The number of halogens is 1. The summed E-state index contributed by atoms with van der Waals surface area (Å²) in [5, 5.41) is 5.32. The fourth-order valence-electron chi connectivity index (χ4n) is 1.33. The first kappa shape index (κ1) is 11.4. The van der Waals surface area contributed by atoms with Gasteiger partial charge in [0.05, 0.1) is 30.5 Å². The lowest BCUT2D eigenvalue weighted by atomic mass is 10.3. The van der Waals surface area contributed by atoms with Gasteiger partial charge in [0, 0.05) is 9.85 Å². The minimum Gasteiger partial charge on any atom is -0.495 e. The highest BCUT2D eigenvalue weighted by atomic mass is 79.9. The Bertz CT molecular complexity index is 459. The topological polar surface area (TPSA) is 34.1 Å². The van der Waals surface area contributed by atoms with Crippen LogP contribution in [0.4, 0.5) is 5.69 Å². The molecule has 84 valence electrons. The molecule has 1 N–H and O–H groups in total. The third-order valence-electron chi connectivity index (χ3n) is 2.10. The largest absolute Gasteiger partial charge is 0.495 e. The van der Waals surface area contributed by atoms with Crippen molar-refractivity contribution in [2.24, 2.45) is 0 Å². The summed E-state index contributed by atoms with van der Waals surface area (Å²) in [7, 11) is 1.66. The Balaban J connectivity index is 2.11. The van der Waals surface area contributed by atoms with Crippen LogP contribution < -0.4 is 10.1 Å². The molecule has 2 aromatic rings. The van der Waals surface area contributed by atoms with E-state index in [2.05, 4.69) is 26.2 Å². The molecule has 0 saturated heterocycles. The first-order valence-electron chi connectivity index (χ1n) is 4.74. The fraction of sp³-hybridized carbons (Fsp3) is 0.182. The Morgan fingerprint density at radius 1 is 1.50 bits per heavy atom. The molecule has 3 nitrogen and oxygen atoms in total. The third-order valence-corrected chi connectivity index (χ3v) is 3.23. The number of benzene rings is 1. The predicted octanol–water partition coefficient (Wildman–Crippen LogP) is 3.53. The number of aromatic nitrogens is 1. The summed E-state index contributed by atoms with van der Waals surface area (Å²) >= 11 is 5.03. The molecule has 1 heterocycles. The lowest BCUT2D eigenvalue weighted by molar-refractivity contribution is 0.416. The molecule has 1 aromatic heterocycles. The summed E-state index contributed by atoms with van der Waals surface area (Å²) in [4.78, 5) is 4.21. The maximum absolute atomic E-state index is 5.27. The van der Waals surface area contributed by atoms with Gasteiger partial charge in [0.15, 0.2) is 0 Å². The van der Waals surface area contributed by atoms with Crippen LogP contribution in [-0.2, 0) is 6.54 Å². The molecule has 5 heteroatoms. The molecule has 0 fully saturated rings. The van der Waals surface area contributed by atoms with E-state index in [4.69, 9.17) is 4.74 Å². The van der Waals surface area contributed by atoms with Gasteiger partial charge in [-0.25, -0.2) is 4.98 Å². The van der Waals surface area contributed by atoms with Gasteiger partial charge >= 0.3 is 0 Å². The zero-order chi connectivity index (χ0) is 11.4. The Labute approximate surface area is 107 Å². The molecule has 2 rings (SSSR count). The van der Waals surface area contributed by atoms with Crippen molar-refractivity contribution >= 4 is 33.0 Å². The second-order valence-electron chi connectivity index (χ2n) is 3.18. The molecule has 0 unspecified atom stereocenters. The maximum atomic E-state index is 5.27. The Morgan fingerprint density at radius 2 is 2.38 bits per heavy atom. The number of nitrogens with one attached hydrogen (secondary N) is 1. The fourth-order valence-corrected chi connectivity index (χ4v) is 2.25. The number of anilines is 1. The second kappa shape index (κ2) is 5.32. The van der Waals surface area contributed by atoms with Crippen LogP contribution >= 0.6 is 27.3 Å². The molecule has 16 heavy (non-hydrogen) atoms. The molecule has 0 bridgehead atoms. The van der Waals surface area contributed by atoms with Crippen molar-refractivity contribution in [3.05, 3.63) is 39.3 Å². The highest BCUT2D eigenvalue weighted by Crippen LogP contribution is 2.28. The quantitative estimate of drug-likeness (QED) is 0.938. The van der Waals surface area contributed by atoms with E-state index in [0.29, 0.717) is 6.54 Å². The third kappa shape index (κ3) is 2.74. The van der Waals surface area contributed by atoms with E-state index < -0.39 is 0 Å². The van der Waals surface area contributed by atoms with Gasteiger partial charge in [0.2, 0.25) is 0 Å². The lowest BCUT2D eigenvalue weighted by Crippen LogP contribution is -2.01. The highest BCUT2D eigenvalue weighted by molar-refractivity contribution is 9.10. The van der Waals surface area contributed by atoms with E-state index in [1.807, 2.05) is 29.1 Å². The van der Waals surface area contributed by atoms with Crippen molar-refractivity contribution < 1.29 is 4.74 Å². The summed E-state index contributed by atoms with van der Waals surface area (Å²) < 4.78 is 6.29. The van der Waals surface area contributed by atoms with E-state index in [9.17, 15) is 0 Å². The van der Waals surface area contributed by atoms with Crippen LogP contribution in [0.25, 0.3) is 0 Å². The summed E-state index contributed by atoms with van der Waals surface area (Å²) in [5.74, 6) is 0.832. The molecule has 0 saturated carbocycles. The van der Waals surface area contributed by atoms with Gasteiger partial charge in [-0.2, -0.15) is 0 Å². The van der Waals surface area contributed by atoms with Crippen molar-refractivity contribution in [1.29, 1.82) is 0 Å². The van der Waals surface area contributed by atoms with Crippen molar-refractivity contribution in [1.82, 2.24) is 4.98 Å². The normalized spacial score (nSPS) is 10.1.